The molecule has 0 aliphatic carbocycles. The number of hydrogen-bond donors (Lipinski definition) is 2. The van der Waals surface area contributed by atoms with E-state index in [0.29, 0.717) is 5.69 Å². The van der Waals surface area contributed by atoms with Crippen molar-refractivity contribution in [1.29, 1.82) is 0 Å². The zero-order valence-electron chi connectivity index (χ0n) is 10.3. The van der Waals surface area contributed by atoms with Crippen LogP contribution >= 0.6 is 11.6 Å². The second kappa shape index (κ2) is 6.34. The molecular formula is C14H11ClF2N2O. The molecule has 2 rings (SSSR count). The Bertz CT molecular complexity index is 617. The first-order valence-corrected chi connectivity index (χ1v) is 6.17. The minimum atomic E-state index is -0.604. The lowest BCUT2D eigenvalue weighted by Gasteiger charge is -2.08. The van der Waals surface area contributed by atoms with Crippen LogP contribution in [-0.4, -0.2) is 12.5 Å². The van der Waals surface area contributed by atoms with Gasteiger partial charge >= 0.3 is 0 Å². The molecule has 0 spiro atoms. The van der Waals surface area contributed by atoms with E-state index in [1.54, 1.807) is 0 Å². The van der Waals surface area contributed by atoms with Crippen LogP contribution in [0.2, 0.25) is 5.02 Å². The van der Waals surface area contributed by atoms with Gasteiger partial charge in [0, 0.05) is 10.7 Å². The molecular weight excluding hydrogens is 286 g/mol. The van der Waals surface area contributed by atoms with Crippen molar-refractivity contribution < 1.29 is 13.6 Å². The van der Waals surface area contributed by atoms with Crippen molar-refractivity contribution in [2.45, 2.75) is 0 Å². The van der Waals surface area contributed by atoms with Crippen LogP contribution in [0, 0.1) is 11.6 Å². The van der Waals surface area contributed by atoms with Gasteiger partial charge in [-0.15, -0.1) is 0 Å². The Morgan fingerprint density at radius 2 is 1.80 bits per heavy atom. The van der Waals surface area contributed by atoms with Crippen molar-refractivity contribution in [1.82, 2.24) is 0 Å². The third kappa shape index (κ3) is 3.93. The topological polar surface area (TPSA) is 41.1 Å². The van der Waals surface area contributed by atoms with E-state index in [1.165, 1.54) is 36.4 Å². The molecule has 0 radical (unpaired) electrons. The number of nitrogens with one attached hydrogen (secondary N) is 2. The van der Waals surface area contributed by atoms with Gasteiger partial charge in [0.2, 0.25) is 5.91 Å². The molecule has 2 aromatic rings. The summed E-state index contributed by atoms with van der Waals surface area (Å²) in [7, 11) is 0. The molecule has 0 saturated heterocycles. The number of carbonyl (C=O) groups is 1. The highest BCUT2D eigenvalue weighted by molar-refractivity contribution is 6.30. The van der Waals surface area contributed by atoms with Gasteiger partial charge < -0.3 is 10.6 Å². The van der Waals surface area contributed by atoms with Gasteiger partial charge in [-0.1, -0.05) is 11.6 Å². The zero-order valence-corrected chi connectivity index (χ0v) is 11.0. The summed E-state index contributed by atoms with van der Waals surface area (Å²) in [6, 6.07) is 9.54. The zero-order chi connectivity index (χ0) is 14.5. The van der Waals surface area contributed by atoms with Gasteiger partial charge in [0.25, 0.3) is 0 Å². The summed E-state index contributed by atoms with van der Waals surface area (Å²) in [5.41, 5.74) is 0.651. The number of halogens is 3. The first kappa shape index (κ1) is 14.3. The highest BCUT2D eigenvalue weighted by atomic mass is 35.5. The Morgan fingerprint density at radius 1 is 1.10 bits per heavy atom. The lowest BCUT2D eigenvalue weighted by molar-refractivity contribution is -0.114. The normalized spacial score (nSPS) is 10.2. The summed E-state index contributed by atoms with van der Waals surface area (Å²) in [5.74, 6) is -1.38. The monoisotopic (exact) mass is 296 g/mol. The predicted molar refractivity (Wildman–Crippen MR) is 74.9 cm³/mol. The first-order valence-electron chi connectivity index (χ1n) is 5.79. The van der Waals surface area contributed by atoms with Crippen LogP contribution in [0.15, 0.2) is 42.5 Å². The highest BCUT2D eigenvalue weighted by Crippen LogP contribution is 2.18. The summed E-state index contributed by atoms with van der Waals surface area (Å²) in [6.07, 6.45) is 0. The number of anilines is 2. The van der Waals surface area contributed by atoms with E-state index in [1.807, 2.05) is 0 Å². The summed E-state index contributed by atoms with van der Waals surface area (Å²) in [4.78, 5) is 11.6. The fourth-order valence-corrected chi connectivity index (χ4v) is 1.69. The average Bonchev–Trinajstić information content (AvgIpc) is 2.41. The summed E-state index contributed by atoms with van der Waals surface area (Å²) >= 11 is 5.61. The van der Waals surface area contributed by atoms with Crippen LogP contribution in [0.3, 0.4) is 0 Å². The van der Waals surface area contributed by atoms with Crippen molar-refractivity contribution in [3.05, 3.63) is 59.1 Å². The molecule has 0 aromatic heterocycles. The van der Waals surface area contributed by atoms with E-state index in [-0.39, 0.29) is 23.1 Å². The van der Waals surface area contributed by atoms with Gasteiger partial charge in [0.15, 0.2) is 0 Å². The maximum atomic E-state index is 13.5. The summed E-state index contributed by atoms with van der Waals surface area (Å²) in [5, 5.41) is 5.46. The second-order valence-electron chi connectivity index (χ2n) is 4.03. The summed E-state index contributed by atoms with van der Waals surface area (Å²) in [6.45, 7) is -0.0618. The Hall–Kier alpha value is -2.14. The van der Waals surface area contributed by atoms with E-state index in [9.17, 15) is 13.6 Å². The minimum Gasteiger partial charge on any atom is -0.376 e. The molecule has 0 aliphatic rings. The number of carbonyl (C=O) groups excluding carboxylic acids is 1. The molecule has 0 fully saturated rings. The molecule has 1 amide bonds. The van der Waals surface area contributed by atoms with Crippen LogP contribution in [0.25, 0.3) is 0 Å². The Morgan fingerprint density at radius 3 is 2.45 bits per heavy atom. The Balaban J connectivity index is 1.90. The third-order valence-electron chi connectivity index (χ3n) is 2.50. The van der Waals surface area contributed by atoms with E-state index in [2.05, 4.69) is 10.6 Å². The van der Waals surface area contributed by atoms with Crippen LogP contribution in [-0.2, 0) is 4.79 Å². The van der Waals surface area contributed by atoms with E-state index in [4.69, 9.17) is 11.6 Å². The van der Waals surface area contributed by atoms with Crippen molar-refractivity contribution in [3.8, 4) is 0 Å². The largest absolute Gasteiger partial charge is 0.376 e. The van der Waals surface area contributed by atoms with Crippen LogP contribution in [0.1, 0.15) is 0 Å². The number of rotatable bonds is 4. The fraction of sp³-hybridized carbons (Fsp3) is 0.0714. The van der Waals surface area contributed by atoms with Gasteiger partial charge in [0.05, 0.1) is 12.2 Å². The minimum absolute atomic E-state index is 0.0558. The first-order chi connectivity index (χ1) is 9.54. The van der Waals surface area contributed by atoms with E-state index in [0.717, 1.165) is 6.07 Å². The van der Waals surface area contributed by atoms with Crippen molar-refractivity contribution >= 4 is 28.9 Å². The number of amides is 1. The SMILES string of the molecule is O=C(CNc1ccc(F)cc1)Nc1ccc(Cl)cc1F. The molecule has 0 heterocycles. The average molecular weight is 297 g/mol. The van der Waals surface area contributed by atoms with Crippen molar-refractivity contribution in [3.63, 3.8) is 0 Å². The van der Waals surface area contributed by atoms with E-state index >= 15 is 0 Å². The Labute approximate surface area is 119 Å². The summed E-state index contributed by atoms with van der Waals surface area (Å²) < 4.78 is 26.1. The van der Waals surface area contributed by atoms with Crippen molar-refractivity contribution in [2.75, 3.05) is 17.2 Å². The fourth-order valence-electron chi connectivity index (χ4n) is 1.54. The van der Waals surface area contributed by atoms with Crippen LogP contribution in [0.4, 0.5) is 20.2 Å². The standard InChI is InChI=1S/C14H11ClF2N2O/c15-9-1-6-13(12(17)7-9)19-14(20)8-18-11-4-2-10(16)3-5-11/h1-7,18H,8H2,(H,19,20). The molecule has 0 bridgehead atoms. The van der Waals surface area contributed by atoms with Gasteiger partial charge in [-0.2, -0.15) is 0 Å². The second-order valence-corrected chi connectivity index (χ2v) is 4.47. The highest BCUT2D eigenvalue weighted by Gasteiger charge is 2.07. The molecule has 0 saturated carbocycles. The number of hydrogen-bond acceptors (Lipinski definition) is 2. The molecule has 3 nitrogen and oxygen atoms in total. The van der Waals surface area contributed by atoms with Crippen LogP contribution in [0.5, 0.6) is 0 Å². The van der Waals surface area contributed by atoms with Crippen molar-refractivity contribution in [2.24, 2.45) is 0 Å². The van der Waals surface area contributed by atoms with E-state index < -0.39 is 11.7 Å². The lowest BCUT2D eigenvalue weighted by Crippen LogP contribution is -2.22. The molecule has 2 aromatic carbocycles. The molecule has 0 aliphatic heterocycles. The molecule has 0 atom stereocenters. The molecule has 6 heteroatoms. The Kier molecular flexibility index (Phi) is 4.53. The molecule has 104 valence electrons. The smallest absolute Gasteiger partial charge is 0.243 e. The van der Waals surface area contributed by atoms with Gasteiger partial charge in [-0.05, 0) is 42.5 Å². The third-order valence-corrected chi connectivity index (χ3v) is 2.74. The van der Waals surface area contributed by atoms with Gasteiger partial charge in [-0.25, -0.2) is 8.78 Å². The lowest BCUT2D eigenvalue weighted by atomic mass is 10.3. The predicted octanol–water partition coefficient (Wildman–Crippen LogP) is 3.67. The quantitative estimate of drug-likeness (QED) is 0.904. The molecule has 2 N–H and O–H groups in total. The molecule has 0 unspecified atom stereocenters. The van der Waals surface area contributed by atoms with Gasteiger partial charge in [0.1, 0.15) is 11.6 Å². The van der Waals surface area contributed by atoms with Gasteiger partial charge in [-0.3, -0.25) is 4.79 Å². The maximum Gasteiger partial charge on any atom is 0.243 e. The number of benzene rings is 2. The van der Waals surface area contributed by atoms with Crippen LogP contribution < -0.4 is 10.6 Å². The maximum absolute atomic E-state index is 13.5. The molecule has 20 heavy (non-hydrogen) atoms.